The van der Waals surface area contributed by atoms with Gasteiger partial charge in [-0.25, -0.2) is 9.98 Å². The molecule has 6 heteroatoms. The van der Waals surface area contributed by atoms with Crippen LogP contribution in [0.4, 0.5) is 0 Å². The Labute approximate surface area is 292 Å². The summed E-state index contributed by atoms with van der Waals surface area (Å²) in [4.78, 5) is 9.42. The van der Waals surface area contributed by atoms with Gasteiger partial charge in [0.05, 0.1) is 11.3 Å². The average molecular weight is 662 g/mol. The first kappa shape index (κ1) is 40.9. The number of aryl methyl sites for hydroxylation is 1. The largest absolute Gasteiger partial charge is 0.508 e. The van der Waals surface area contributed by atoms with E-state index in [4.69, 9.17) is 15.7 Å². The molecular weight excluding hydrogens is 594 g/mol. The molecule has 268 valence electrons. The molecular formula is C42H67N3O3. The Balaban J connectivity index is 2.05. The van der Waals surface area contributed by atoms with Crippen molar-refractivity contribution >= 4 is 17.4 Å². The Morgan fingerprint density at radius 3 is 1.56 bits per heavy atom. The summed E-state index contributed by atoms with van der Waals surface area (Å²) in [7, 11) is 0. The van der Waals surface area contributed by atoms with Crippen molar-refractivity contribution in [1.29, 1.82) is 0 Å². The van der Waals surface area contributed by atoms with Gasteiger partial charge in [-0.05, 0) is 55.2 Å². The number of benzene rings is 2. The minimum absolute atomic E-state index is 0.0449. The van der Waals surface area contributed by atoms with Gasteiger partial charge in [-0.2, -0.15) is 0 Å². The molecule has 0 saturated heterocycles. The van der Waals surface area contributed by atoms with Crippen LogP contribution >= 0.6 is 0 Å². The fourth-order valence-corrected chi connectivity index (χ4v) is 6.48. The van der Waals surface area contributed by atoms with Crippen LogP contribution in [-0.2, 0) is 0 Å². The molecule has 0 radical (unpaired) electrons. The quantitative estimate of drug-likeness (QED) is 0.0456. The number of phenols is 3. The molecule has 0 heterocycles. The Bertz CT molecular complexity index is 1250. The van der Waals surface area contributed by atoms with E-state index in [1.165, 1.54) is 141 Å². The normalized spacial score (nSPS) is 12.8. The summed E-state index contributed by atoms with van der Waals surface area (Å²) in [6, 6.07) is 9.38. The highest BCUT2D eigenvalue weighted by molar-refractivity contribution is 6.09. The monoisotopic (exact) mass is 662 g/mol. The second-order valence-electron chi connectivity index (χ2n) is 13.8. The Kier molecular flexibility index (Phi) is 21.1. The average Bonchev–Trinajstić information content (AvgIpc) is 3.05. The van der Waals surface area contributed by atoms with Crippen molar-refractivity contribution in [2.75, 3.05) is 0 Å². The van der Waals surface area contributed by atoms with Crippen LogP contribution in [0.3, 0.4) is 0 Å². The summed E-state index contributed by atoms with van der Waals surface area (Å²) >= 11 is 0. The lowest BCUT2D eigenvalue weighted by molar-refractivity contribution is 0.384. The maximum atomic E-state index is 10.7. The summed E-state index contributed by atoms with van der Waals surface area (Å²) in [6.07, 6.45) is 28.2. The second kappa shape index (κ2) is 24.8. The molecule has 0 amide bonds. The number of nitrogens with two attached hydrogens (primary N) is 1. The third-order valence-corrected chi connectivity index (χ3v) is 9.47. The number of unbranched alkanes of at least 4 members (excludes halogenated alkanes) is 16. The molecule has 0 saturated carbocycles. The van der Waals surface area contributed by atoms with Gasteiger partial charge in [0.2, 0.25) is 0 Å². The summed E-state index contributed by atoms with van der Waals surface area (Å²) in [5, 5.41) is 30.4. The number of hydrogen-bond acceptors (Lipinski definition) is 4. The molecule has 2 rings (SSSR count). The number of rotatable bonds is 26. The van der Waals surface area contributed by atoms with Crippen molar-refractivity contribution in [2.45, 2.75) is 162 Å². The van der Waals surface area contributed by atoms with Gasteiger partial charge in [0, 0.05) is 18.1 Å². The first-order chi connectivity index (χ1) is 23.2. The molecule has 0 spiro atoms. The zero-order chi connectivity index (χ0) is 35.0. The van der Waals surface area contributed by atoms with E-state index >= 15 is 0 Å². The van der Waals surface area contributed by atoms with Crippen molar-refractivity contribution in [3.05, 3.63) is 59.7 Å². The van der Waals surface area contributed by atoms with Gasteiger partial charge >= 0.3 is 0 Å². The molecule has 6 nitrogen and oxygen atoms in total. The maximum absolute atomic E-state index is 10.7. The molecule has 2 aromatic rings. The Morgan fingerprint density at radius 2 is 1.08 bits per heavy atom. The molecule has 48 heavy (non-hydrogen) atoms. The summed E-state index contributed by atoms with van der Waals surface area (Å²) in [5.41, 5.74) is 8.97. The predicted molar refractivity (Wildman–Crippen MR) is 206 cm³/mol. The van der Waals surface area contributed by atoms with Crippen LogP contribution in [0.5, 0.6) is 17.2 Å². The zero-order valence-corrected chi connectivity index (χ0v) is 30.6. The lowest BCUT2D eigenvalue weighted by atomic mass is 9.90. The highest BCUT2D eigenvalue weighted by Gasteiger charge is 2.15. The fourth-order valence-electron chi connectivity index (χ4n) is 6.48. The molecule has 0 aromatic heterocycles. The minimum Gasteiger partial charge on any atom is -0.508 e. The van der Waals surface area contributed by atoms with E-state index < -0.39 is 0 Å². The van der Waals surface area contributed by atoms with Crippen molar-refractivity contribution in [3.63, 3.8) is 0 Å². The fraction of sp³-hybridized carbons (Fsp3) is 0.619. The van der Waals surface area contributed by atoms with E-state index in [1.54, 1.807) is 24.3 Å². The number of amidine groups is 2. The molecule has 1 atom stereocenters. The van der Waals surface area contributed by atoms with Crippen LogP contribution in [0.15, 0.2) is 53.0 Å². The van der Waals surface area contributed by atoms with Crippen LogP contribution in [-0.4, -0.2) is 27.0 Å². The van der Waals surface area contributed by atoms with Crippen molar-refractivity contribution < 1.29 is 15.3 Å². The lowest BCUT2D eigenvalue weighted by Gasteiger charge is -2.17. The van der Waals surface area contributed by atoms with E-state index in [2.05, 4.69) is 20.4 Å². The summed E-state index contributed by atoms with van der Waals surface area (Å²) in [5.74, 6) is 1.33. The molecule has 0 bridgehead atoms. The SMILES string of the molecule is C=C(/N=C(\N=C(/N)CCC(CCCCCCCCCC)CCCCCCCCCCCC)c1ccc(O)cc1O)c1ccc(O)cc1C. The Hall–Kier alpha value is -3.28. The van der Waals surface area contributed by atoms with Crippen LogP contribution in [0.1, 0.15) is 172 Å². The molecule has 0 aliphatic rings. The number of aromatic hydroxyl groups is 3. The third-order valence-electron chi connectivity index (χ3n) is 9.47. The van der Waals surface area contributed by atoms with Crippen LogP contribution in [0.25, 0.3) is 5.70 Å². The highest BCUT2D eigenvalue weighted by Crippen LogP contribution is 2.28. The number of aliphatic imine (C=N–C) groups is 2. The van der Waals surface area contributed by atoms with Gasteiger partial charge in [-0.3, -0.25) is 0 Å². The smallest absolute Gasteiger partial charge is 0.165 e. The molecule has 5 N–H and O–H groups in total. The number of phenolic OH excluding ortho intramolecular Hbond substituents is 3. The molecule has 1 unspecified atom stereocenters. The molecule has 0 aliphatic carbocycles. The first-order valence-electron chi connectivity index (χ1n) is 19.2. The Morgan fingerprint density at radius 1 is 0.625 bits per heavy atom. The van der Waals surface area contributed by atoms with Crippen molar-refractivity contribution in [1.82, 2.24) is 0 Å². The first-order valence-corrected chi connectivity index (χ1v) is 19.2. The third kappa shape index (κ3) is 17.2. The topological polar surface area (TPSA) is 111 Å². The van der Waals surface area contributed by atoms with Crippen LogP contribution in [0.2, 0.25) is 0 Å². The van der Waals surface area contributed by atoms with E-state index in [-0.39, 0.29) is 23.1 Å². The van der Waals surface area contributed by atoms with Gasteiger partial charge in [-0.15, -0.1) is 0 Å². The van der Waals surface area contributed by atoms with Crippen LogP contribution in [0, 0.1) is 12.8 Å². The molecule has 2 aromatic carbocycles. The highest BCUT2D eigenvalue weighted by atomic mass is 16.3. The van der Waals surface area contributed by atoms with E-state index in [9.17, 15) is 15.3 Å². The van der Waals surface area contributed by atoms with Gasteiger partial charge < -0.3 is 21.1 Å². The summed E-state index contributed by atoms with van der Waals surface area (Å²) < 4.78 is 0. The molecule has 0 aliphatic heterocycles. The lowest BCUT2D eigenvalue weighted by Crippen LogP contribution is -2.17. The van der Waals surface area contributed by atoms with Crippen molar-refractivity contribution in [2.24, 2.45) is 21.6 Å². The van der Waals surface area contributed by atoms with Gasteiger partial charge in [0.1, 0.15) is 23.1 Å². The van der Waals surface area contributed by atoms with Gasteiger partial charge in [0.15, 0.2) is 5.84 Å². The van der Waals surface area contributed by atoms with E-state index in [0.717, 1.165) is 17.5 Å². The second-order valence-corrected chi connectivity index (χ2v) is 13.8. The predicted octanol–water partition coefficient (Wildman–Crippen LogP) is 12.1. The van der Waals surface area contributed by atoms with Gasteiger partial charge in [0.25, 0.3) is 0 Å². The van der Waals surface area contributed by atoms with E-state index in [1.807, 2.05) is 6.92 Å². The zero-order valence-electron chi connectivity index (χ0n) is 30.6. The van der Waals surface area contributed by atoms with Crippen molar-refractivity contribution in [3.8, 4) is 17.2 Å². The maximum Gasteiger partial charge on any atom is 0.165 e. The van der Waals surface area contributed by atoms with Crippen LogP contribution < -0.4 is 5.73 Å². The number of hydrogen-bond donors (Lipinski definition) is 4. The van der Waals surface area contributed by atoms with Gasteiger partial charge in [-0.1, -0.05) is 149 Å². The molecule has 0 fully saturated rings. The minimum atomic E-state index is -0.131. The number of nitrogens with zero attached hydrogens (tertiary/aromatic N) is 2. The van der Waals surface area contributed by atoms with E-state index in [0.29, 0.717) is 29.4 Å². The summed E-state index contributed by atoms with van der Waals surface area (Å²) in [6.45, 7) is 10.6. The standard InChI is InChI=1S/C42H67N3O3/c1-5-7-9-11-13-15-16-18-20-22-24-35(23-21-19-17-14-12-10-8-6-2)25-30-41(43)45-42(39-29-27-37(47)32-40(39)48)44-34(4)38-28-26-36(46)31-33(38)3/h26-29,31-32,35,46-48H,4-25,30H2,1-3H3,(H2,43,44,45).